The fourth-order valence-electron chi connectivity index (χ4n) is 2.15. The summed E-state index contributed by atoms with van der Waals surface area (Å²) in [5.41, 5.74) is 6.46. The first kappa shape index (κ1) is 14.0. The molecule has 3 N–H and O–H groups in total. The highest BCUT2D eigenvalue weighted by Gasteiger charge is 2.13. The van der Waals surface area contributed by atoms with Crippen molar-refractivity contribution in [1.82, 2.24) is 0 Å². The summed E-state index contributed by atoms with van der Waals surface area (Å²) in [5.74, 6) is -0.00266. The predicted molar refractivity (Wildman–Crippen MR) is 70.6 cm³/mol. The van der Waals surface area contributed by atoms with E-state index < -0.39 is 5.82 Å². The Morgan fingerprint density at radius 3 is 2.79 bits per heavy atom. The van der Waals surface area contributed by atoms with Crippen LogP contribution in [0.25, 0.3) is 0 Å². The SMILES string of the molecule is N=C(N)c1cc(F)cc(COCC2CCOCC2)c1. The van der Waals surface area contributed by atoms with E-state index in [4.69, 9.17) is 20.6 Å². The number of ether oxygens (including phenoxy) is 2. The Bertz CT molecular complexity index is 445. The third kappa shape index (κ3) is 4.29. The molecule has 2 rings (SSSR count). The molecule has 1 aromatic rings. The molecule has 0 atom stereocenters. The van der Waals surface area contributed by atoms with Gasteiger partial charge in [0.05, 0.1) is 13.2 Å². The van der Waals surface area contributed by atoms with Gasteiger partial charge in [-0.25, -0.2) is 4.39 Å². The van der Waals surface area contributed by atoms with E-state index in [2.05, 4.69) is 0 Å². The Hall–Kier alpha value is -1.46. The van der Waals surface area contributed by atoms with Crippen molar-refractivity contribution in [1.29, 1.82) is 5.41 Å². The van der Waals surface area contributed by atoms with Gasteiger partial charge in [-0.15, -0.1) is 0 Å². The molecule has 1 aliphatic heterocycles. The summed E-state index contributed by atoms with van der Waals surface area (Å²) in [4.78, 5) is 0. The van der Waals surface area contributed by atoms with Crippen molar-refractivity contribution in [3.8, 4) is 0 Å². The van der Waals surface area contributed by atoms with Gasteiger partial charge in [0.2, 0.25) is 0 Å². The number of benzene rings is 1. The van der Waals surface area contributed by atoms with Gasteiger partial charge < -0.3 is 15.2 Å². The van der Waals surface area contributed by atoms with E-state index in [1.165, 1.54) is 12.1 Å². The minimum atomic E-state index is -0.391. The zero-order valence-corrected chi connectivity index (χ0v) is 10.8. The summed E-state index contributed by atoms with van der Waals surface area (Å²) >= 11 is 0. The molecule has 5 heteroatoms. The van der Waals surface area contributed by atoms with Crippen molar-refractivity contribution in [2.75, 3.05) is 19.8 Å². The monoisotopic (exact) mass is 266 g/mol. The van der Waals surface area contributed by atoms with Gasteiger partial charge in [0.15, 0.2) is 0 Å². The average Bonchev–Trinajstić information content (AvgIpc) is 2.39. The van der Waals surface area contributed by atoms with Gasteiger partial charge in [-0.1, -0.05) is 0 Å². The first-order chi connectivity index (χ1) is 9.15. The summed E-state index contributed by atoms with van der Waals surface area (Å²) in [7, 11) is 0. The van der Waals surface area contributed by atoms with Crippen LogP contribution in [0.15, 0.2) is 18.2 Å². The fourth-order valence-corrected chi connectivity index (χ4v) is 2.15. The first-order valence-electron chi connectivity index (χ1n) is 6.44. The number of nitrogens with one attached hydrogen (secondary N) is 1. The summed E-state index contributed by atoms with van der Waals surface area (Å²) in [6.45, 7) is 2.59. The molecule has 0 radical (unpaired) electrons. The zero-order valence-electron chi connectivity index (χ0n) is 10.8. The number of nitrogen functional groups attached to an aromatic ring is 1. The molecule has 0 aliphatic carbocycles. The van der Waals surface area contributed by atoms with Crippen LogP contribution in [-0.4, -0.2) is 25.7 Å². The van der Waals surface area contributed by atoms with Crippen LogP contribution in [0.1, 0.15) is 24.0 Å². The van der Waals surface area contributed by atoms with Gasteiger partial charge in [0.1, 0.15) is 11.7 Å². The lowest BCUT2D eigenvalue weighted by Gasteiger charge is -2.21. The molecule has 104 valence electrons. The van der Waals surface area contributed by atoms with Gasteiger partial charge in [0, 0.05) is 18.8 Å². The Morgan fingerprint density at radius 2 is 2.11 bits per heavy atom. The minimum absolute atomic E-state index is 0.134. The van der Waals surface area contributed by atoms with Crippen molar-refractivity contribution >= 4 is 5.84 Å². The zero-order chi connectivity index (χ0) is 13.7. The smallest absolute Gasteiger partial charge is 0.124 e. The third-order valence-electron chi connectivity index (χ3n) is 3.23. The van der Waals surface area contributed by atoms with E-state index in [-0.39, 0.29) is 5.84 Å². The summed E-state index contributed by atoms with van der Waals surface area (Å²) < 4.78 is 24.2. The van der Waals surface area contributed by atoms with E-state index in [0.29, 0.717) is 30.3 Å². The summed E-state index contributed by atoms with van der Waals surface area (Å²) in [5, 5.41) is 7.32. The van der Waals surface area contributed by atoms with Gasteiger partial charge in [0.25, 0.3) is 0 Å². The topological polar surface area (TPSA) is 68.3 Å². The highest BCUT2D eigenvalue weighted by molar-refractivity contribution is 5.95. The van der Waals surface area contributed by atoms with Crippen LogP contribution in [0.3, 0.4) is 0 Å². The van der Waals surface area contributed by atoms with Crippen molar-refractivity contribution < 1.29 is 13.9 Å². The van der Waals surface area contributed by atoms with E-state index >= 15 is 0 Å². The molecule has 0 bridgehead atoms. The Labute approximate surface area is 112 Å². The largest absolute Gasteiger partial charge is 0.384 e. The Kier molecular flexibility index (Phi) is 4.87. The van der Waals surface area contributed by atoms with Crippen LogP contribution in [0.4, 0.5) is 4.39 Å². The van der Waals surface area contributed by atoms with Crippen LogP contribution in [-0.2, 0) is 16.1 Å². The second-order valence-corrected chi connectivity index (χ2v) is 4.83. The average molecular weight is 266 g/mol. The van der Waals surface area contributed by atoms with Gasteiger partial charge in [-0.3, -0.25) is 5.41 Å². The molecule has 1 fully saturated rings. The number of hydrogen-bond donors (Lipinski definition) is 2. The van der Waals surface area contributed by atoms with Crippen LogP contribution in [0.5, 0.6) is 0 Å². The predicted octanol–water partition coefficient (Wildman–Crippen LogP) is 2.05. The molecule has 1 aromatic carbocycles. The number of amidine groups is 1. The van der Waals surface area contributed by atoms with Crippen LogP contribution in [0.2, 0.25) is 0 Å². The molecule has 0 spiro atoms. The number of halogens is 1. The van der Waals surface area contributed by atoms with Gasteiger partial charge >= 0.3 is 0 Å². The van der Waals surface area contributed by atoms with E-state index in [9.17, 15) is 4.39 Å². The number of hydrogen-bond acceptors (Lipinski definition) is 3. The third-order valence-corrected chi connectivity index (χ3v) is 3.23. The van der Waals surface area contributed by atoms with Crippen molar-refractivity contribution in [2.45, 2.75) is 19.4 Å². The standard InChI is InChI=1S/C14H19FN2O2/c15-13-6-11(5-12(7-13)14(16)17)9-19-8-10-1-3-18-4-2-10/h5-7,10H,1-4,8-9H2,(H3,16,17). The quantitative estimate of drug-likeness (QED) is 0.633. The minimum Gasteiger partial charge on any atom is -0.384 e. The molecular formula is C14H19FN2O2. The van der Waals surface area contributed by atoms with Crippen LogP contribution < -0.4 is 5.73 Å². The molecule has 19 heavy (non-hydrogen) atoms. The highest BCUT2D eigenvalue weighted by atomic mass is 19.1. The Morgan fingerprint density at radius 1 is 1.37 bits per heavy atom. The lowest BCUT2D eigenvalue weighted by atomic mass is 10.0. The molecule has 0 amide bonds. The molecule has 1 heterocycles. The van der Waals surface area contributed by atoms with Gasteiger partial charge in [-0.05, 0) is 42.5 Å². The van der Waals surface area contributed by atoms with Crippen LogP contribution >= 0.6 is 0 Å². The van der Waals surface area contributed by atoms with E-state index in [0.717, 1.165) is 26.1 Å². The second-order valence-electron chi connectivity index (χ2n) is 4.83. The Balaban J connectivity index is 1.86. The van der Waals surface area contributed by atoms with Crippen LogP contribution in [0, 0.1) is 17.1 Å². The fraction of sp³-hybridized carbons (Fsp3) is 0.500. The van der Waals surface area contributed by atoms with Crippen molar-refractivity contribution in [3.05, 3.63) is 35.1 Å². The molecular weight excluding hydrogens is 247 g/mol. The van der Waals surface area contributed by atoms with Gasteiger partial charge in [-0.2, -0.15) is 0 Å². The number of rotatable bonds is 5. The molecule has 0 saturated carbocycles. The maximum Gasteiger partial charge on any atom is 0.124 e. The lowest BCUT2D eigenvalue weighted by molar-refractivity contribution is 0.0157. The number of nitrogens with two attached hydrogens (primary N) is 1. The maximum absolute atomic E-state index is 13.3. The highest BCUT2D eigenvalue weighted by Crippen LogP contribution is 2.16. The molecule has 0 aromatic heterocycles. The second kappa shape index (κ2) is 6.63. The van der Waals surface area contributed by atoms with E-state index in [1.807, 2.05) is 0 Å². The lowest BCUT2D eigenvalue weighted by Crippen LogP contribution is -2.20. The molecule has 0 unspecified atom stereocenters. The van der Waals surface area contributed by atoms with E-state index in [1.54, 1.807) is 6.07 Å². The normalized spacial score (nSPS) is 16.5. The maximum atomic E-state index is 13.3. The summed E-state index contributed by atoms with van der Waals surface area (Å²) in [6.07, 6.45) is 2.03. The molecule has 4 nitrogen and oxygen atoms in total. The molecule has 1 saturated heterocycles. The summed E-state index contributed by atoms with van der Waals surface area (Å²) in [6, 6.07) is 4.36. The first-order valence-corrected chi connectivity index (χ1v) is 6.44. The van der Waals surface area contributed by atoms with Crippen molar-refractivity contribution in [3.63, 3.8) is 0 Å². The van der Waals surface area contributed by atoms with Crippen molar-refractivity contribution in [2.24, 2.45) is 11.7 Å². The molecule has 1 aliphatic rings.